The Morgan fingerprint density at radius 2 is 2.00 bits per heavy atom. The number of benzene rings is 1. The first-order chi connectivity index (χ1) is 8.72. The van der Waals surface area contributed by atoms with Crippen molar-refractivity contribution in [2.75, 3.05) is 19.6 Å². The van der Waals surface area contributed by atoms with Crippen molar-refractivity contribution in [3.05, 3.63) is 35.9 Å². The van der Waals surface area contributed by atoms with Crippen LogP contribution in [0.4, 0.5) is 0 Å². The highest BCUT2D eigenvalue weighted by Crippen LogP contribution is 2.28. The molecular weight excluding hydrogens is 220 g/mol. The SMILES string of the molecule is CCNC(C)C1CCN(C(C)c2ccccc2)C1. The van der Waals surface area contributed by atoms with E-state index in [1.807, 2.05) is 0 Å². The molecule has 1 heterocycles. The number of hydrogen-bond donors (Lipinski definition) is 1. The predicted octanol–water partition coefficient (Wildman–Crippen LogP) is 3.07. The van der Waals surface area contributed by atoms with Gasteiger partial charge in [-0.05, 0) is 44.8 Å². The molecule has 0 aliphatic carbocycles. The van der Waals surface area contributed by atoms with Crippen LogP contribution in [0.15, 0.2) is 30.3 Å². The topological polar surface area (TPSA) is 15.3 Å². The minimum Gasteiger partial charge on any atom is -0.314 e. The first-order valence-electron chi connectivity index (χ1n) is 7.24. The van der Waals surface area contributed by atoms with Crippen LogP contribution in [0.25, 0.3) is 0 Å². The second kappa shape index (κ2) is 6.35. The second-order valence-corrected chi connectivity index (χ2v) is 5.48. The Hall–Kier alpha value is -0.860. The molecule has 3 atom stereocenters. The van der Waals surface area contributed by atoms with Gasteiger partial charge in [0.2, 0.25) is 0 Å². The molecule has 3 unspecified atom stereocenters. The number of hydrogen-bond acceptors (Lipinski definition) is 2. The standard InChI is InChI=1S/C16H26N2/c1-4-17-13(2)16-10-11-18(12-16)14(3)15-8-6-5-7-9-15/h5-9,13-14,16-17H,4,10-12H2,1-3H3. The average molecular weight is 246 g/mol. The molecule has 0 radical (unpaired) electrons. The smallest absolute Gasteiger partial charge is 0.0320 e. The lowest BCUT2D eigenvalue weighted by molar-refractivity contribution is 0.243. The molecule has 1 N–H and O–H groups in total. The van der Waals surface area contributed by atoms with Crippen molar-refractivity contribution in [2.24, 2.45) is 5.92 Å². The molecule has 1 aromatic rings. The minimum absolute atomic E-state index is 0.546. The molecule has 1 fully saturated rings. The van der Waals surface area contributed by atoms with E-state index >= 15 is 0 Å². The van der Waals surface area contributed by atoms with Crippen molar-refractivity contribution in [2.45, 2.75) is 39.3 Å². The molecule has 18 heavy (non-hydrogen) atoms. The summed E-state index contributed by atoms with van der Waals surface area (Å²) in [6.45, 7) is 10.4. The molecule has 2 rings (SSSR count). The van der Waals surface area contributed by atoms with E-state index in [1.54, 1.807) is 0 Å². The van der Waals surface area contributed by atoms with Crippen LogP contribution in [0.3, 0.4) is 0 Å². The predicted molar refractivity (Wildman–Crippen MR) is 77.7 cm³/mol. The molecule has 0 spiro atoms. The van der Waals surface area contributed by atoms with Gasteiger partial charge in [-0.1, -0.05) is 37.3 Å². The molecule has 0 aromatic heterocycles. The van der Waals surface area contributed by atoms with Crippen LogP contribution in [0.5, 0.6) is 0 Å². The molecule has 1 aliphatic heterocycles. The average Bonchev–Trinajstić information content (AvgIpc) is 2.89. The van der Waals surface area contributed by atoms with E-state index in [-0.39, 0.29) is 0 Å². The molecule has 1 aromatic carbocycles. The van der Waals surface area contributed by atoms with Gasteiger partial charge < -0.3 is 5.32 Å². The van der Waals surface area contributed by atoms with Crippen molar-refractivity contribution in [1.82, 2.24) is 10.2 Å². The molecule has 1 saturated heterocycles. The molecule has 2 nitrogen and oxygen atoms in total. The van der Waals surface area contributed by atoms with Crippen LogP contribution >= 0.6 is 0 Å². The number of nitrogens with zero attached hydrogens (tertiary/aromatic N) is 1. The quantitative estimate of drug-likeness (QED) is 0.859. The Morgan fingerprint density at radius 3 is 2.67 bits per heavy atom. The van der Waals surface area contributed by atoms with E-state index in [0.29, 0.717) is 12.1 Å². The summed E-state index contributed by atoms with van der Waals surface area (Å²) in [5, 5.41) is 3.56. The fourth-order valence-electron chi connectivity index (χ4n) is 3.01. The van der Waals surface area contributed by atoms with E-state index < -0.39 is 0 Å². The van der Waals surface area contributed by atoms with Crippen LogP contribution in [0.2, 0.25) is 0 Å². The monoisotopic (exact) mass is 246 g/mol. The van der Waals surface area contributed by atoms with Gasteiger partial charge in [0.05, 0.1) is 0 Å². The molecule has 0 bridgehead atoms. The van der Waals surface area contributed by atoms with E-state index in [9.17, 15) is 0 Å². The summed E-state index contributed by atoms with van der Waals surface area (Å²) in [6, 6.07) is 12.0. The van der Waals surface area contributed by atoms with Gasteiger partial charge >= 0.3 is 0 Å². The third-order valence-electron chi connectivity index (χ3n) is 4.32. The first-order valence-corrected chi connectivity index (χ1v) is 7.24. The van der Waals surface area contributed by atoms with Gasteiger partial charge in [0.25, 0.3) is 0 Å². The molecule has 100 valence electrons. The van der Waals surface area contributed by atoms with Crippen LogP contribution in [0, 0.1) is 5.92 Å². The van der Waals surface area contributed by atoms with Crippen LogP contribution < -0.4 is 5.32 Å². The van der Waals surface area contributed by atoms with Crippen LogP contribution in [-0.2, 0) is 0 Å². The normalized spacial score (nSPS) is 24.1. The highest BCUT2D eigenvalue weighted by molar-refractivity contribution is 5.18. The molecule has 0 amide bonds. The highest BCUT2D eigenvalue weighted by Gasteiger charge is 2.29. The van der Waals surface area contributed by atoms with Gasteiger partial charge in [0.1, 0.15) is 0 Å². The van der Waals surface area contributed by atoms with E-state index in [4.69, 9.17) is 0 Å². The summed E-state index contributed by atoms with van der Waals surface area (Å²) in [5.41, 5.74) is 1.44. The first kappa shape index (κ1) is 13.6. The summed E-state index contributed by atoms with van der Waals surface area (Å²) >= 11 is 0. The van der Waals surface area contributed by atoms with Crippen molar-refractivity contribution in [3.63, 3.8) is 0 Å². The Balaban J connectivity index is 1.92. The number of rotatable bonds is 5. The summed E-state index contributed by atoms with van der Waals surface area (Å²) in [6.07, 6.45) is 1.32. The Morgan fingerprint density at radius 1 is 1.28 bits per heavy atom. The maximum absolute atomic E-state index is 3.56. The Bertz CT molecular complexity index is 349. The molecule has 2 heteroatoms. The van der Waals surface area contributed by atoms with E-state index in [2.05, 4.69) is 61.3 Å². The largest absolute Gasteiger partial charge is 0.314 e. The molecule has 1 aliphatic rings. The fraction of sp³-hybridized carbons (Fsp3) is 0.625. The summed E-state index contributed by atoms with van der Waals surface area (Å²) in [4.78, 5) is 2.62. The number of likely N-dealkylation sites (tertiary alicyclic amines) is 1. The van der Waals surface area contributed by atoms with Crippen molar-refractivity contribution < 1.29 is 0 Å². The summed E-state index contributed by atoms with van der Waals surface area (Å²) in [5.74, 6) is 0.802. The van der Waals surface area contributed by atoms with Gasteiger partial charge in [-0.15, -0.1) is 0 Å². The zero-order valence-electron chi connectivity index (χ0n) is 11.9. The van der Waals surface area contributed by atoms with Gasteiger partial charge in [-0.25, -0.2) is 0 Å². The Labute approximate surface area is 111 Å². The van der Waals surface area contributed by atoms with Gasteiger partial charge in [0.15, 0.2) is 0 Å². The molecule has 0 saturated carbocycles. The van der Waals surface area contributed by atoms with Gasteiger partial charge in [0, 0.05) is 18.6 Å². The number of nitrogens with one attached hydrogen (secondary N) is 1. The zero-order chi connectivity index (χ0) is 13.0. The lowest BCUT2D eigenvalue weighted by Crippen LogP contribution is -2.35. The lowest BCUT2D eigenvalue weighted by atomic mass is 10.0. The fourth-order valence-corrected chi connectivity index (χ4v) is 3.01. The maximum atomic E-state index is 3.56. The van der Waals surface area contributed by atoms with Gasteiger partial charge in [-0.2, -0.15) is 0 Å². The zero-order valence-corrected chi connectivity index (χ0v) is 11.9. The Kier molecular flexibility index (Phi) is 4.79. The van der Waals surface area contributed by atoms with Crippen LogP contribution in [0.1, 0.15) is 38.8 Å². The van der Waals surface area contributed by atoms with Crippen molar-refractivity contribution in [3.8, 4) is 0 Å². The summed E-state index contributed by atoms with van der Waals surface area (Å²) in [7, 11) is 0. The van der Waals surface area contributed by atoms with E-state index in [1.165, 1.54) is 25.1 Å². The second-order valence-electron chi connectivity index (χ2n) is 5.48. The van der Waals surface area contributed by atoms with Crippen LogP contribution in [-0.4, -0.2) is 30.6 Å². The molecular formula is C16H26N2. The van der Waals surface area contributed by atoms with Gasteiger partial charge in [-0.3, -0.25) is 4.90 Å². The minimum atomic E-state index is 0.546. The summed E-state index contributed by atoms with van der Waals surface area (Å²) < 4.78 is 0. The van der Waals surface area contributed by atoms with Crippen molar-refractivity contribution >= 4 is 0 Å². The van der Waals surface area contributed by atoms with E-state index in [0.717, 1.165) is 12.5 Å². The van der Waals surface area contributed by atoms with Crippen molar-refractivity contribution in [1.29, 1.82) is 0 Å². The lowest BCUT2D eigenvalue weighted by Gasteiger charge is -2.26. The maximum Gasteiger partial charge on any atom is 0.0320 e. The third-order valence-corrected chi connectivity index (χ3v) is 4.32. The highest BCUT2D eigenvalue weighted by atomic mass is 15.2. The third kappa shape index (κ3) is 3.12.